The van der Waals surface area contributed by atoms with Crippen molar-refractivity contribution in [1.29, 1.82) is 0 Å². The third-order valence-corrected chi connectivity index (χ3v) is 3.35. The number of ether oxygens (including phenoxy) is 1. The molecule has 2 rings (SSSR count). The summed E-state index contributed by atoms with van der Waals surface area (Å²) in [6, 6.07) is 7.41. The molecule has 0 fully saturated rings. The van der Waals surface area contributed by atoms with Gasteiger partial charge in [-0.2, -0.15) is 0 Å². The van der Waals surface area contributed by atoms with Gasteiger partial charge in [0, 0.05) is 6.04 Å². The molecule has 2 amide bonds. The molecule has 5 nitrogen and oxygen atoms in total. The van der Waals surface area contributed by atoms with Gasteiger partial charge in [-0.1, -0.05) is 19.1 Å². The second-order valence-electron chi connectivity index (χ2n) is 4.92. The fourth-order valence-corrected chi connectivity index (χ4v) is 2.06. The van der Waals surface area contributed by atoms with E-state index in [4.69, 9.17) is 4.74 Å². The van der Waals surface area contributed by atoms with Gasteiger partial charge in [-0.3, -0.25) is 14.5 Å². The molecule has 0 aliphatic carbocycles. The van der Waals surface area contributed by atoms with Crippen molar-refractivity contribution >= 4 is 17.5 Å². The van der Waals surface area contributed by atoms with Crippen molar-refractivity contribution in [1.82, 2.24) is 5.32 Å². The van der Waals surface area contributed by atoms with E-state index >= 15 is 0 Å². The fourth-order valence-electron chi connectivity index (χ4n) is 2.06. The molecule has 1 aliphatic rings. The minimum atomic E-state index is -0.149. The van der Waals surface area contributed by atoms with Crippen molar-refractivity contribution < 1.29 is 14.3 Å². The molecule has 0 saturated heterocycles. The zero-order valence-electron chi connectivity index (χ0n) is 11.9. The number of carbonyl (C=O) groups is 2. The van der Waals surface area contributed by atoms with Crippen molar-refractivity contribution in [2.75, 3.05) is 18.1 Å². The Morgan fingerprint density at radius 3 is 2.95 bits per heavy atom. The molecule has 1 heterocycles. The summed E-state index contributed by atoms with van der Waals surface area (Å²) in [4.78, 5) is 25.6. The van der Waals surface area contributed by atoms with Crippen molar-refractivity contribution in [2.45, 2.75) is 32.7 Å². The third-order valence-electron chi connectivity index (χ3n) is 3.35. The summed E-state index contributed by atoms with van der Waals surface area (Å²) in [5.74, 6) is 0.411. The van der Waals surface area contributed by atoms with E-state index in [9.17, 15) is 9.59 Å². The predicted octanol–water partition coefficient (Wildman–Crippen LogP) is 1.72. The second-order valence-corrected chi connectivity index (χ2v) is 4.92. The molecule has 0 aromatic heterocycles. The van der Waals surface area contributed by atoms with Gasteiger partial charge in [0.05, 0.1) is 18.7 Å². The molecular weight excluding hydrogens is 256 g/mol. The zero-order chi connectivity index (χ0) is 14.5. The SMILES string of the molecule is CC[C@@H](C)NC(=O)CN1C(=O)CCOc2ccccc21. The van der Waals surface area contributed by atoms with E-state index in [1.807, 2.05) is 32.0 Å². The Hall–Kier alpha value is -2.04. The lowest BCUT2D eigenvalue weighted by Crippen LogP contribution is -2.43. The Bertz CT molecular complexity index is 502. The molecule has 1 atom stereocenters. The number of nitrogens with zero attached hydrogens (tertiary/aromatic N) is 1. The van der Waals surface area contributed by atoms with E-state index in [-0.39, 0.29) is 30.8 Å². The van der Waals surface area contributed by atoms with Crippen LogP contribution in [0.25, 0.3) is 0 Å². The van der Waals surface area contributed by atoms with Gasteiger partial charge in [0.25, 0.3) is 0 Å². The maximum absolute atomic E-state index is 12.1. The Morgan fingerprint density at radius 2 is 2.20 bits per heavy atom. The summed E-state index contributed by atoms with van der Waals surface area (Å²) >= 11 is 0. The van der Waals surface area contributed by atoms with Crippen LogP contribution in [0.5, 0.6) is 5.75 Å². The summed E-state index contributed by atoms with van der Waals surface area (Å²) < 4.78 is 5.54. The smallest absolute Gasteiger partial charge is 0.240 e. The van der Waals surface area contributed by atoms with E-state index in [1.54, 1.807) is 6.07 Å². The quantitative estimate of drug-likeness (QED) is 0.911. The van der Waals surface area contributed by atoms with Crippen LogP contribution in [0.3, 0.4) is 0 Å². The highest BCUT2D eigenvalue weighted by molar-refractivity contribution is 6.00. The molecule has 0 unspecified atom stereocenters. The zero-order valence-corrected chi connectivity index (χ0v) is 11.9. The maximum atomic E-state index is 12.1. The number of anilines is 1. The first-order valence-corrected chi connectivity index (χ1v) is 6.93. The van der Waals surface area contributed by atoms with Crippen LogP contribution >= 0.6 is 0 Å². The number of fused-ring (bicyclic) bond motifs is 1. The highest BCUT2D eigenvalue weighted by atomic mass is 16.5. The minimum Gasteiger partial charge on any atom is -0.491 e. The van der Waals surface area contributed by atoms with Gasteiger partial charge in [-0.15, -0.1) is 0 Å². The topological polar surface area (TPSA) is 58.6 Å². The Kier molecular flexibility index (Phi) is 4.61. The molecule has 1 aromatic rings. The number of hydrogen-bond acceptors (Lipinski definition) is 3. The molecule has 5 heteroatoms. The fraction of sp³-hybridized carbons (Fsp3) is 0.467. The standard InChI is InChI=1S/C15H20N2O3/c1-3-11(2)16-14(18)10-17-12-6-4-5-7-13(12)20-9-8-15(17)19/h4-7,11H,3,8-10H2,1-2H3,(H,16,18)/t11-/m1/s1. The first kappa shape index (κ1) is 14.4. The average molecular weight is 276 g/mol. The monoisotopic (exact) mass is 276 g/mol. The largest absolute Gasteiger partial charge is 0.491 e. The number of nitrogens with one attached hydrogen (secondary N) is 1. The highest BCUT2D eigenvalue weighted by Gasteiger charge is 2.25. The molecule has 1 aliphatic heterocycles. The summed E-state index contributed by atoms with van der Waals surface area (Å²) in [6.07, 6.45) is 1.14. The van der Waals surface area contributed by atoms with E-state index in [0.717, 1.165) is 6.42 Å². The van der Waals surface area contributed by atoms with Crippen LogP contribution in [0.15, 0.2) is 24.3 Å². The van der Waals surface area contributed by atoms with Gasteiger partial charge in [0.15, 0.2) is 0 Å². The average Bonchev–Trinajstić information content (AvgIpc) is 2.59. The molecule has 0 spiro atoms. The molecule has 0 saturated carbocycles. The Labute approximate surface area is 118 Å². The van der Waals surface area contributed by atoms with Crippen LogP contribution < -0.4 is 15.0 Å². The van der Waals surface area contributed by atoms with Gasteiger partial charge >= 0.3 is 0 Å². The van der Waals surface area contributed by atoms with E-state index < -0.39 is 0 Å². The van der Waals surface area contributed by atoms with Crippen molar-refractivity contribution in [2.24, 2.45) is 0 Å². The number of para-hydroxylation sites is 2. The van der Waals surface area contributed by atoms with Gasteiger partial charge < -0.3 is 10.1 Å². The van der Waals surface area contributed by atoms with E-state index in [0.29, 0.717) is 18.0 Å². The van der Waals surface area contributed by atoms with Crippen LogP contribution in [-0.4, -0.2) is 31.0 Å². The third kappa shape index (κ3) is 3.29. The summed E-state index contributed by atoms with van der Waals surface area (Å²) in [6.45, 7) is 4.33. The number of carbonyl (C=O) groups excluding carboxylic acids is 2. The van der Waals surface area contributed by atoms with Crippen LogP contribution in [0.2, 0.25) is 0 Å². The number of benzene rings is 1. The minimum absolute atomic E-state index is 0.0313. The van der Waals surface area contributed by atoms with Crippen LogP contribution in [0, 0.1) is 0 Å². The molecular formula is C15H20N2O3. The normalized spacial score (nSPS) is 15.9. The second kappa shape index (κ2) is 6.41. The van der Waals surface area contributed by atoms with Crippen LogP contribution in [-0.2, 0) is 9.59 Å². The van der Waals surface area contributed by atoms with E-state index in [1.165, 1.54) is 4.90 Å². The van der Waals surface area contributed by atoms with Gasteiger partial charge in [-0.05, 0) is 25.5 Å². The van der Waals surface area contributed by atoms with Crippen LogP contribution in [0.1, 0.15) is 26.7 Å². The number of rotatable bonds is 4. The predicted molar refractivity (Wildman–Crippen MR) is 76.8 cm³/mol. The number of amides is 2. The summed E-state index contributed by atoms with van der Waals surface area (Å²) in [7, 11) is 0. The lowest BCUT2D eigenvalue weighted by Gasteiger charge is -2.22. The first-order chi connectivity index (χ1) is 9.61. The van der Waals surface area contributed by atoms with Crippen molar-refractivity contribution in [3.8, 4) is 5.75 Å². The molecule has 0 radical (unpaired) electrons. The lowest BCUT2D eigenvalue weighted by molar-refractivity contribution is -0.124. The van der Waals surface area contributed by atoms with Crippen molar-refractivity contribution in [3.05, 3.63) is 24.3 Å². The molecule has 108 valence electrons. The summed E-state index contributed by atoms with van der Waals surface area (Å²) in [5.41, 5.74) is 0.661. The molecule has 0 bridgehead atoms. The van der Waals surface area contributed by atoms with Gasteiger partial charge in [0.1, 0.15) is 12.3 Å². The van der Waals surface area contributed by atoms with E-state index in [2.05, 4.69) is 5.32 Å². The maximum Gasteiger partial charge on any atom is 0.240 e. The summed E-state index contributed by atoms with van der Waals surface area (Å²) in [5, 5.41) is 2.87. The highest BCUT2D eigenvalue weighted by Crippen LogP contribution is 2.30. The van der Waals surface area contributed by atoms with Crippen molar-refractivity contribution in [3.63, 3.8) is 0 Å². The first-order valence-electron chi connectivity index (χ1n) is 6.93. The Morgan fingerprint density at radius 1 is 1.45 bits per heavy atom. The molecule has 1 aromatic carbocycles. The Balaban J connectivity index is 2.16. The van der Waals surface area contributed by atoms with Gasteiger partial charge in [0.2, 0.25) is 11.8 Å². The van der Waals surface area contributed by atoms with Crippen LogP contribution in [0.4, 0.5) is 5.69 Å². The van der Waals surface area contributed by atoms with Gasteiger partial charge in [-0.25, -0.2) is 0 Å². The molecule has 20 heavy (non-hydrogen) atoms. The number of hydrogen-bond donors (Lipinski definition) is 1. The lowest BCUT2D eigenvalue weighted by atomic mass is 10.2. The molecule has 1 N–H and O–H groups in total.